The van der Waals surface area contributed by atoms with E-state index < -0.39 is 5.54 Å². The lowest BCUT2D eigenvalue weighted by atomic mass is 9.96. The largest absolute Gasteiger partial charge is 0.335 e. The third-order valence-corrected chi connectivity index (χ3v) is 3.64. The summed E-state index contributed by atoms with van der Waals surface area (Å²) in [6.45, 7) is 8.07. The predicted octanol–water partition coefficient (Wildman–Crippen LogP) is 2.86. The second-order valence-electron chi connectivity index (χ2n) is 5.09. The number of nitrogens with two attached hydrogens (primary N) is 1. The Labute approximate surface area is 114 Å². The van der Waals surface area contributed by atoms with Crippen LogP contribution in [0.4, 0.5) is 4.39 Å². The number of likely N-dealkylation sites (N-methyl/N-ethyl adjacent to an activating group) is 1. The van der Waals surface area contributed by atoms with Crippen molar-refractivity contribution in [3.05, 3.63) is 35.6 Å². The molecule has 0 aliphatic rings. The van der Waals surface area contributed by atoms with Crippen LogP contribution >= 0.6 is 0 Å². The zero-order valence-corrected chi connectivity index (χ0v) is 12.1. The second-order valence-corrected chi connectivity index (χ2v) is 5.09. The normalized spacial score (nSPS) is 15.7. The number of carbonyl (C=O) groups is 1. The van der Waals surface area contributed by atoms with Crippen LogP contribution in [0.1, 0.15) is 45.7 Å². The molecule has 4 heteroatoms. The molecular formula is C15H23FN2O. The zero-order chi connectivity index (χ0) is 14.6. The van der Waals surface area contributed by atoms with Gasteiger partial charge in [0.15, 0.2) is 0 Å². The fourth-order valence-corrected chi connectivity index (χ4v) is 1.99. The lowest BCUT2D eigenvalue weighted by Crippen LogP contribution is -2.53. The quantitative estimate of drug-likeness (QED) is 0.890. The van der Waals surface area contributed by atoms with Gasteiger partial charge in [0.05, 0.1) is 11.6 Å². The molecule has 3 nitrogen and oxygen atoms in total. The Bertz CT molecular complexity index is 428. The van der Waals surface area contributed by atoms with Gasteiger partial charge >= 0.3 is 0 Å². The van der Waals surface area contributed by atoms with Gasteiger partial charge in [-0.15, -0.1) is 0 Å². The van der Waals surface area contributed by atoms with Crippen LogP contribution in [0, 0.1) is 5.82 Å². The highest BCUT2D eigenvalue weighted by molar-refractivity contribution is 5.86. The molecule has 1 aromatic rings. The van der Waals surface area contributed by atoms with Gasteiger partial charge in [0.1, 0.15) is 5.82 Å². The molecule has 0 spiro atoms. The molecule has 1 rings (SSSR count). The number of rotatable bonds is 5. The number of amides is 1. The van der Waals surface area contributed by atoms with E-state index in [0.29, 0.717) is 13.0 Å². The van der Waals surface area contributed by atoms with Crippen molar-refractivity contribution in [2.45, 2.75) is 45.7 Å². The first-order valence-corrected chi connectivity index (χ1v) is 6.68. The Kier molecular flexibility index (Phi) is 5.06. The predicted molar refractivity (Wildman–Crippen MR) is 75.1 cm³/mol. The van der Waals surface area contributed by atoms with Gasteiger partial charge in [0, 0.05) is 6.54 Å². The van der Waals surface area contributed by atoms with Gasteiger partial charge in [-0.25, -0.2) is 4.39 Å². The Morgan fingerprint density at radius 3 is 2.32 bits per heavy atom. The molecule has 0 fully saturated rings. The summed E-state index contributed by atoms with van der Waals surface area (Å²) in [5.41, 5.74) is 6.07. The van der Waals surface area contributed by atoms with Crippen LogP contribution in [0.5, 0.6) is 0 Å². The first-order valence-electron chi connectivity index (χ1n) is 6.68. The van der Waals surface area contributed by atoms with Crippen molar-refractivity contribution in [3.63, 3.8) is 0 Å². The molecule has 0 saturated carbocycles. The number of hydrogen-bond acceptors (Lipinski definition) is 2. The van der Waals surface area contributed by atoms with E-state index in [0.717, 1.165) is 5.56 Å². The van der Waals surface area contributed by atoms with Crippen molar-refractivity contribution < 1.29 is 9.18 Å². The van der Waals surface area contributed by atoms with Gasteiger partial charge in [-0.1, -0.05) is 19.1 Å². The monoisotopic (exact) mass is 266 g/mol. The molecule has 2 atom stereocenters. The minimum atomic E-state index is -0.857. The van der Waals surface area contributed by atoms with E-state index >= 15 is 0 Å². The van der Waals surface area contributed by atoms with Gasteiger partial charge < -0.3 is 10.6 Å². The molecule has 19 heavy (non-hydrogen) atoms. The lowest BCUT2D eigenvalue weighted by Gasteiger charge is -2.35. The number of halogens is 1. The minimum absolute atomic E-state index is 0.0747. The fourth-order valence-electron chi connectivity index (χ4n) is 1.99. The number of nitrogens with zero attached hydrogens (tertiary/aromatic N) is 1. The van der Waals surface area contributed by atoms with E-state index in [-0.39, 0.29) is 17.8 Å². The van der Waals surface area contributed by atoms with Crippen molar-refractivity contribution in [1.82, 2.24) is 4.90 Å². The highest BCUT2D eigenvalue weighted by atomic mass is 19.1. The molecule has 0 saturated heterocycles. The molecule has 0 aliphatic heterocycles. The summed E-state index contributed by atoms with van der Waals surface area (Å²) < 4.78 is 12.9. The van der Waals surface area contributed by atoms with Crippen LogP contribution in [0.25, 0.3) is 0 Å². The Morgan fingerprint density at radius 2 is 1.89 bits per heavy atom. The maximum atomic E-state index is 12.9. The molecule has 0 radical (unpaired) electrons. The zero-order valence-electron chi connectivity index (χ0n) is 12.1. The van der Waals surface area contributed by atoms with Crippen LogP contribution in [-0.2, 0) is 4.79 Å². The highest BCUT2D eigenvalue weighted by Crippen LogP contribution is 2.23. The van der Waals surface area contributed by atoms with Crippen LogP contribution in [0.3, 0.4) is 0 Å². The van der Waals surface area contributed by atoms with Gasteiger partial charge in [0.2, 0.25) is 5.91 Å². The summed E-state index contributed by atoms with van der Waals surface area (Å²) in [5.74, 6) is -0.350. The summed E-state index contributed by atoms with van der Waals surface area (Å²) in [5, 5.41) is 0. The van der Waals surface area contributed by atoms with Crippen molar-refractivity contribution in [3.8, 4) is 0 Å². The Balaban J connectivity index is 2.97. The molecule has 2 unspecified atom stereocenters. The van der Waals surface area contributed by atoms with Crippen molar-refractivity contribution in [2.75, 3.05) is 6.54 Å². The third-order valence-electron chi connectivity index (χ3n) is 3.64. The minimum Gasteiger partial charge on any atom is -0.335 e. The molecule has 1 aromatic carbocycles. The summed E-state index contributed by atoms with van der Waals surface area (Å²) in [4.78, 5) is 14.2. The maximum Gasteiger partial charge on any atom is 0.242 e. The third kappa shape index (κ3) is 3.53. The average Bonchev–Trinajstić information content (AvgIpc) is 2.40. The maximum absolute atomic E-state index is 12.9. The Morgan fingerprint density at radius 1 is 1.37 bits per heavy atom. The number of carbonyl (C=O) groups excluding carboxylic acids is 1. The first-order chi connectivity index (χ1) is 8.83. The molecule has 0 heterocycles. The second kappa shape index (κ2) is 6.15. The summed E-state index contributed by atoms with van der Waals surface area (Å²) >= 11 is 0. The van der Waals surface area contributed by atoms with Crippen LogP contribution in [0.15, 0.2) is 24.3 Å². The van der Waals surface area contributed by atoms with Gasteiger partial charge in [-0.2, -0.15) is 0 Å². The standard InChI is InChI=1S/C15H23FN2O/c1-5-15(4,17)14(19)18(6-2)11(3)12-7-9-13(16)10-8-12/h7-11H,5-6,17H2,1-4H3. The number of hydrogen-bond donors (Lipinski definition) is 1. The van der Waals surface area contributed by atoms with Gasteiger partial charge in [-0.3, -0.25) is 4.79 Å². The van der Waals surface area contributed by atoms with Gasteiger partial charge in [0.25, 0.3) is 0 Å². The molecule has 0 aromatic heterocycles. The number of benzene rings is 1. The average molecular weight is 266 g/mol. The molecule has 0 bridgehead atoms. The molecule has 1 amide bonds. The van der Waals surface area contributed by atoms with E-state index in [1.54, 1.807) is 24.0 Å². The van der Waals surface area contributed by atoms with E-state index in [1.165, 1.54) is 12.1 Å². The molecule has 106 valence electrons. The van der Waals surface area contributed by atoms with Crippen molar-refractivity contribution in [2.24, 2.45) is 5.73 Å². The smallest absolute Gasteiger partial charge is 0.242 e. The summed E-state index contributed by atoms with van der Waals surface area (Å²) in [6.07, 6.45) is 0.582. The van der Waals surface area contributed by atoms with Gasteiger partial charge in [-0.05, 0) is 44.9 Å². The van der Waals surface area contributed by atoms with Crippen LogP contribution in [-0.4, -0.2) is 22.9 Å². The van der Waals surface area contributed by atoms with E-state index in [4.69, 9.17) is 5.73 Å². The van der Waals surface area contributed by atoms with Crippen molar-refractivity contribution in [1.29, 1.82) is 0 Å². The topological polar surface area (TPSA) is 46.3 Å². The molecule has 0 aliphatic carbocycles. The molecule has 2 N–H and O–H groups in total. The SMILES string of the molecule is CCN(C(=O)C(C)(N)CC)C(C)c1ccc(F)cc1. The van der Waals surface area contributed by atoms with Crippen LogP contribution in [0.2, 0.25) is 0 Å². The summed E-state index contributed by atoms with van der Waals surface area (Å²) in [6, 6.07) is 6.11. The highest BCUT2D eigenvalue weighted by Gasteiger charge is 2.32. The van der Waals surface area contributed by atoms with E-state index in [2.05, 4.69) is 0 Å². The van der Waals surface area contributed by atoms with Crippen molar-refractivity contribution >= 4 is 5.91 Å². The molecular weight excluding hydrogens is 243 g/mol. The lowest BCUT2D eigenvalue weighted by molar-refractivity contribution is -0.138. The Hall–Kier alpha value is -1.42. The van der Waals surface area contributed by atoms with Crippen LogP contribution < -0.4 is 5.73 Å². The fraction of sp³-hybridized carbons (Fsp3) is 0.533. The first kappa shape index (κ1) is 15.6. The summed E-state index contributed by atoms with van der Waals surface area (Å²) in [7, 11) is 0. The van der Waals surface area contributed by atoms with E-state index in [9.17, 15) is 9.18 Å². The van der Waals surface area contributed by atoms with E-state index in [1.807, 2.05) is 20.8 Å².